The van der Waals surface area contributed by atoms with E-state index >= 15 is 0 Å². The van der Waals surface area contributed by atoms with E-state index in [0.717, 1.165) is 24.1 Å². The lowest BCUT2D eigenvalue weighted by Crippen LogP contribution is -2.27. The van der Waals surface area contributed by atoms with Crippen LogP contribution in [0, 0.1) is 6.92 Å². The Morgan fingerprint density at radius 3 is 2.56 bits per heavy atom. The highest BCUT2D eigenvalue weighted by molar-refractivity contribution is 8.00. The lowest BCUT2D eigenvalue weighted by atomic mass is 10.2. The van der Waals surface area contributed by atoms with Crippen molar-refractivity contribution in [1.29, 1.82) is 0 Å². The Labute approximate surface area is 152 Å². The van der Waals surface area contributed by atoms with Crippen LogP contribution in [0.3, 0.4) is 0 Å². The first-order valence-electron chi connectivity index (χ1n) is 8.21. The van der Waals surface area contributed by atoms with E-state index < -0.39 is 0 Å². The van der Waals surface area contributed by atoms with E-state index in [1.807, 2.05) is 50.6 Å². The first-order chi connectivity index (χ1) is 12.0. The number of nitrogens with one attached hydrogen (secondary N) is 2. The Kier molecular flexibility index (Phi) is 7.53. The molecule has 0 unspecified atom stereocenters. The lowest BCUT2D eigenvalue weighted by molar-refractivity contribution is -0.118. The number of nitrogens with zero attached hydrogens (tertiary/aromatic N) is 2. The molecule has 0 atom stereocenters. The molecular weight excluding hydrogens is 336 g/mol. The number of aromatic nitrogens is 2. The predicted molar refractivity (Wildman–Crippen MR) is 102 cm³/mol. The van der Waals surface area contributed by atoms with Gasteiger partial charge in [-0.25, -0.2) is 0 Å². The van der Waals surface area contributed by atoms with E-state index in [4.69, 9.17) is 0 Å². The summed E-state index contributed by atoms with van der Waals surface area (Å²) in [7, 11) is 1.89. The van der Waals surface area contributed by atoms with E-state index in [-0.39, 0.29) is 23.3 Å². The molecule has 25 heavy (non-hydrogen) atoms. The number of carbonyl (C=O) groups excluding carboxylic acids is 2. The molecule has 2 rings (SSSR count). The largest absolute Gasteiger partial charge is 0.355 e. The van der Waals surface area contributed by atoms with Crippen molar-refractivity contribution < 1.29 is 9.59 Å². The second-order valence-corrected chi connectivity index (χ2v) is 6.87. The number of carbonyl (C=O) groups is 2. The SMILES string of the molecule is Cc1ccc(NC(=O)CSCC(=O)NCCCc2cnn(C)c2)cc1. The zero-order chi connectivity index (χ0) is 18.1. The first-order valence-corrected chi connectivity index (χ1v) is 9.37. The molecule has 0 aliphatic carbocycles. The molecule has 1 heterocycles. The van der Waals surface area contributed by atoms with Crippen molar-refractivity contribution in [2.45, 2.75) is 19.8 Å². The first kappa shape index (κ1) is 19.1. The van der Waals surface area contributed by atoms with Crippen molar-refractivity contribution in [3.63, 3.8) is 0 Å². The highest BCUT2D eigenvalue weighted by atomic mass is 32.2. The molecule has 0 aliphatic heterocycles. The molecule has 0 saturated heterocycles. The molecule has 2 N–H and O–H groups in total. The van der Waals surface area contributed by atoms with Crippen molar-refractivity contribution in [2.24, 2.45) is 7.05 Å². The van der Waals surface area contributed by atoms with Gasteiger partial charge in [0.15, 0.2) is 0 Å². The Hall–Kier alpha value is -2.28. The van der Waals surface area contributed by atoms with Crippen LogP contribution in [0.15, 0.2) is 36.7 Å². The van der Waals surface area contributed by atoms with Gasteiger partial charge in [-0.3, -0.25) is 14.3 Å². The van der Waals surface area contributed by atoms with Crippen molar-refractivity contribution in [1.82, 2.24) is 15.1 Å². The van der Waals surface area contributed by atoms with Crippen LogP contribution in [0.1, 0.15) is 17.5 Å². The van der Waals surface area contributed by atoms with Crippen LogP contribution < -0.4 is 10.6 Å². The average Bonchev–Trinajstić information content (AvgIpc) is 2.99. The predicted octanol–water partition coefficient (Wildman–Crippen LogP) is 2.15. The van der Waals surface area contributed by atoms with Gasteiger partial charge in [0, 0.05) is 25.5 Å². The van der Waals surface area contributed by atoms with Gasteiger partial charge < -0.3 is 10.6 Å². The minimum atomic E-state index is -0.0989. The number of aryl methyl sites for hydroxylation is 3. The summed E-state index contributed by atoms with van der Waals surface area (Å²) in [6.07, 6.45) is 5.57. The van der Waals surface area contributed by atoms with Gasteiger partial charge in [0.2, 0.25) is 11.8 Å². The third-order valence-electron chi connectivity index (χ3n) is 3.52. The summed E-state index contributed by atoms with van der Waals surface area (Å²) in [5, 5.41) is 9.80. The third-order valence-corrected chi connectivity index (χ3v) is 4.46. The van der Waals surface area contributed by atoms with Gasteiger partial charge in [0.1, 0.15) is 0 Å². The van der Waals surface area contributed by atoms with Crippen molar-refractivity contribution in [3.05, 3.63) is 47.8 Å². The van der Waals surface area contributed by atoms with Gasteiger partial charge in [-0.15, -0.1) is 11.8 Å². The van der Waals surface area contributed by atoms with Crippen LogP contribution in [0.25, 0.3) is 0 Å². The number of hydrogen-bond acceptors (Lipinski definition) is 4. The van der Waals surface area contributed by atoms with Crippen LogP contribution >= 0.6 is 11.8 Å². The van der Waals surface area contributed by atoms with Crippen molar-refractivity contribution in [2.75, 3.05) is 23.4 Å². The summed E-state index contributed by atoms with van der Waals surface area (Å²) < 4.78 is 1.77. The standard InChI is InChI=1S/C18H24N4O2S/c1-14-5-7-16(8-6-14)21-18(24)13-25-12-17(23)19-9-3-4-15-10-20-22(2)11-15/h5-8,10-11H,3-4,9,12-13H2,1-2H3,(H,19,23)(H,21,24). The fourth-order valence-electron chi connectivity index (χ4n) is 2.24. The Bertz CT molecular complexity index is 697. The zero-order valence-corrected chi connectivity index (χ0v) is 15.4. The van der Waals surface area contributed by atoms with Gasteiger partial charge in [-0.1, -0.05) is 17.7 Å². The molecule has 0 bridgehead atoms. The second kappa shape index (κ2) is 9.88. The van der Waals surface area contributed by atoms with Gasteiger partial charge in [-0.2, -0.15) is 5.10 Å². The Balaban J connectivity index is 1.54. The van der Waals surface area contributed by atoms with E-state index in [0.29, 0.717) is 6.54 Å². The number of rotatable bonds is 9. The number of thioether (sulfide) groups is 1. The van der Waals surface area contributed by atoms with Crippen LogP contribution in [0.4, 0.5) is 5.69 Å². The number of hydrogen-bond donors (Lipinski definition) is 2. The average molecular weight is 360 g/mol. The van der Waals surface area contributed by atoms with E-state index in [1.165, 1.54) is 17.3 Å². The fraction of sp³-hybridized carbons (Fsp3) is 0.389. The van der Waals surface area contributed by atoms with Crippen LogP contribution in [0.5, 0.6) is 0 Å². The summed E-state index contributed by atoms with van der Waals surface area (Å²) in [4.78, 5) is 23.6. The quantitative estimate of drug-likeness (QED) is 0.672. The minimum absolute atomic E-state index is 0.0423. The maximum absolute atomic E-state index is 11.8. The van der Waals surface area contributed by atoms with Gasteiger partial charge >= 0.3 is 0 Å². The summed E-state index contributed by atoms with van der Waals surface area (Å²) in [6.45, 7) is 2.63. The van der Waals surface area contributed by atoms with Crippen LogP contribution in [0.2, 0.25) is 0 Å². The third kappa shape index (κ3) is 7.43. The van der Waals surface area contributed by atoms with E-state index in [2.05, 4.69) is 15.7 Å². The molecule has 7 heteroatoms. The summed E-state index contributed by atoms with van der Waals surface area (Å²) in [6, 6.07) is 7.63. The highest BCUT2D eigenvalue weighted by Gasteiger charge is 2.06. The molecule has 0 radical (unpaired) electrons. The normalized spacial score (nSPS) is 10.5. The maximum atomic E-state index is 11.8. The topological polar surface area (TPSA) is 76.0 Å². The molecular formula is C18H24N4O2S. The van der Waals surface area contributed by atoms with E-state index in [9.17, 15) is 9.59 Å². The Morgan fingerprint density at radius 2 is 1.88 bits per heavy atom. The molecule has 0 spiro atoms. The molecule has 0 saturated carbocycles. The molecule has 6 nitrogen and oxygen atoms in total. The van der Waals surface area contributed by atoms with Gasteiger partial charge in [-0.05, 0) is 37.5 Å². The summed E-state index contributed by atoms with van der Waals surface area (Å²) >= 11 is 1.31. The molecule has 2 aromatic rings. The molecule has 0 fully saturated rings. The lowest BCUT2D eigenvalue weighted by Gasteiger charge is -2.06. The fourth-order valence-corrected chi connectivity index (χ4v) is 2.89. The second-order valence-electron chi connectivity index (χ2n) is 5.88. The molecule has 134 valence electrons. The van der Waals surface area contributed by atoms with Gasteiger partial charge in [0.25, 0.3) is 0 Å². The smallest absolute Gasteiger partial charge is 0.234 e. The number of benzene rings is 1. The van der Waals surface area contributed by atoms with Crippen molar-refractivity contribution in [3.8, 4) is 0 Å². The minimum Gasteiger partial charge on any atom is -0.355 e. The molecule has 0 aliphatic rings. The maximum Gasteiger partial charge on any atom is 0.234 e. The Morgan fingerprint density at radius 1 is 1.16 bits per heavy atom. The van der Waals surface area contributed by atoms with Gasteiger partial charge in [0.05, 0.1) is 17.7 Å². The molecule has 1 aromatic carbocycles. The number of amides is 2. The van der Waals surface area contributed by atoms with Crippen molar-refractivity contribution >= 4 is 29.3 Å². The summed E-state index contributed by atoms with van der Waals surface area (Å²) in [5.74, 6) is 0.406. The molecule has 1 aromatic heterocycles. The van der Waals surface area contributed by atoms with E-state index in [1.54, 1.807) is 4.68 Å². The number of anilines is 1. The van der Waals surface area contributed by atoms with Crippen LogP contribution in [-0.4, -0.2) is 39.6 Å². The zero-order valence-electron chi connectivity index (χ0n) is 14.6. The highest BCUT2D eigenvalue weighted by Crippen LogP contribution is 2.09. The van der Waals surface area contributed by atoms with Crippen LogP contribution in [-0.2, 0) is 23.1 Å². The molecule has 2 amide bonds. The summed E-state index contributed by atoms with van der Waals surface area (Å²) in [5.41, 5.74) is 3.09. The monoisotopic (exact) mass is 360 g/mol.